The van der Waals surface area contributed by atoms with Gasteiger partial charge in [-0.2, -0.15) is 0 Å². The van der Waals surface area contributed by atoms with Crippen LogP contribution in [0.1, 0.15) is 69.4 Å². The van der Waals surface area contributed by atoms with Crippen LogP contribution >= 0.6 is 0 Å². The van der Waals surface area contributed by atoms with Gasteiger partial charge in [0.15, 0.2) is 0 Å². The molecule has 5 nitrogen and oxygen atoms in total. The summed E-state index contributed by atoms with van der Waals surface area (Å²) in [5, 5.41) is 9.08. The highest BCUT2D eigenvalue weighted by Crippen LogP contribution is 2.32. The molecule has 1 fully saturated rings. The van der Waals surface area contributed by atoms with Crippen molar-refractivity contribution >= 4 is 12.1 Å². The summed E-state index contributed by atoms with van der Waals surface area (Å²) in [5.74, 6) is -1.03. The normalized spacial score (nSPS) is 20.5. The van der Waals surface area contributed by atoms with Crippen LogP contribution in [-0.4, -0.2) is 29.9 Å². The average Bonchev–Trinajstić information content (AvgIpc) is 3.05. The SMILES string of the molecule is CCCCCOC(=O)O[C@H]1CCC[C@@H]1Cc1ccc([C@H](C)C(=O)O)cc1. The molecule has 5 heteroatoms. The maximum absolute atomic E-state index is 11.8. The second-order valence-corrected chi connectivity index (χ2v) is 7.16. The first-order valence-corrected chi connectivity index (χ1v) is 9.66. The van der Waals surface area contributed by atoms with Crippen LogP contribution in [-0.2, 0) is 20.7 Å². The van der Waals surface area contributed by atoms with Crippen LogP contribution in [0.5, 0.6) is 0 Å². The van der Waals surface area contributed by atoms with E-state index in [-0.39, 0.29) is 6.10 Å². The number of aliphatic carboxylic acids is 1. The van der Waals surface area contributed by atoms with Crippen LogP contribution in [0, 0.1) is 5.92 Å². The van der Waals surface area contributed by atoms with Crippen molar-refractivity contribution in [1.29, 1.82) is 0 Å². The zero-order valence-electron chi connectivity index (χ0n) is 15.8. The van der Waals surface area contributed by atoms with Gasteiger partial charge >= 0.3 is 12.1 Å². The highest BCUT2D eigenvalue weighted by molar-refractivity contribution is 5.75. The summed E-state index contributed by atoms with van der Waals surface area (Å²) < 4.78 is 10.7. The molecule has 1 aromatic carbocycles. The Morgan fingerprint density at radius 1 is 1.19 bits per heavy atom. The van der Waals surface area contributed by atoms with Crippen molar-refractivity contribution in [3.05, 3.63) is 35.4 Å². The molecule has 1 aliphatic rings. The first-order chi connectivity index (χ1) is 12.5. The first kappa shape index (κ1) is 20.3. The number of carbonyl (C=O) groups excluding carboxylic acids is 1. The largest absolute Gasteiger partial charge is 0.508 e. The lowest BCUT2D eigenvalue weighted by Crippen LogP contribution is -2.24. The predicted octanol–water partition coefficient (Wildman–Crippen LogP) is 4.93. The summed E-state index contributed by atoms with van der Waals surface area (Å²) in [6.45, 7) is 4.22. The maximum Gasteiger partial charge on any atom is 0.508 e. The van der Waals surface area contributed by atoms with Gasteiger partial charge in [-0.1, -0.05) is 44.0 Å². The lowest BCUT2D eigenvalue weighted by molar-refractivity contribution is -0.138. The third kappa shape index (κ3) is 6.04. The number of benzene rings is 1. The second kappa shape index (κ2) is 10.2. The predicted molar refractivity (Wildman–Crippen MR) is 99.3 cm³/mol. The summed E-state index contributed by atoms with van der Waals surface area (Å²) in [6, 6.07) is 7.71. The van der Waals surface area contributed by atoms with E-state index in [2.05, 4.69) is 6.92 Å². The van der Waals surface area contributed by atoms with E-state index in [9.17, 15) is 9.59 Å². The fourth-order valence-electron chi connectivity index (χ4n) is 3.44. The highest BCUT2D eigenvalue weighted by Gasteiger charge is 2.31. The molecule has 2 rings (SSSR count). The third-order valence-corrected chi connectivity index (χ3v) is 5.15. The van der Waals surface area contributed by atoms with E-state index in [1.54, 1.807) is 6.92 Å². The Hall–Kier alpha value is -2.04. The van der Waals surface area contributed by atoms with Gasteiger partial charge < -0.3 is 14.6 Å². The number of carboxylic acid groups (broad SMARTS) is 1. The average molecular weight is 362 g/mol. The zero-order chi connectivity index (χ0) is 18.9. The number of carbonyl (C=O) groups is 2. The molecule has 144 valence electrons. The lowest BCUT2D eigenvalue weighted by atomic mass is 9.93. The van der Waals surface area contributed by atoms with Gasteiger partial charge in [0, 0.05) is 5.92 Å². The monoisotopic (exact) mass is 362 g/mol. The minimum atomic E-state index is -0.820. The zero-order valence-corrected chi connectivity index (χ0v) is 15.8. The van der Waals surface area contributed by atoms with Crippen LogP contribution in [0.4, 0.5) is 4.79 Å². The van der Waals surface area contributed by atoms with Gasteiger partial charge in [-0.15, -0.1) is 0 Å². The quantitative estimate of drug-likeness (QED) is 0.498. The van der Waals surface area contributed by atoms with E-state index in [0.717, 1.165) is 56.1 Å². The first-order valence-electron chi connectivity index (χ1n) is 9.66. The smallest absolute Gasteiger partial charge is 0.481 e. The molecule has 1 aliphatic carbocycles. The van der Waals surface area contributed by atoms with E-state index >= 15 is 0 Å². The number of rotatable bonds is 9. The molecule has 1 N–H and O–H groups in total. The van der Waals surface area contributed by atoms with Crippen LogP contribution in [0.15, 0.2) is 24.3 Å². The summed E-state index contributed by atoms with van der Waals surface area (Å²) in [4.78, 5) is 22.9. The molecule has 1 aromatic rings. The fraction of sp³-hybridized carbons (Fsp3) is 0.619. The minimum absolute atomic E-state index is 0.0914. The van der Waals surface area contributed by atoms with Gasteiger partial charge in [0.25, 0.3) is 0 Å². The van der Waals surface area contributed by atoms with Crippen molar-refractivity contribution in [3.8, 4) is 0 Å². The van der Waals surface area contributed by atoms with Crippen LogP contribution in [0.3, 0.4) is 0 Å². The van der Waals surface area contributed by atoms with E-state index < -0.39 is 18.0 Å². The van der Waals surface area contributed by atoms with Gasteiger partial charge in [-0.25, -0.2) is 4.79 Å². The summed E-state index contributed by atoms with van der Waals surface area (Å²) in [7, 11) is 0. The Labute approximate surface area is 155 Å². The summed E-state index contributed by atoms with van der Waals surface area (Å²) in [6.07, 6.45) is 6.16. The Balaban J connectivity index is 1.84. The van der Waals surface area contributed by atoms with E-state index in [4.69, 9.17) is 14.6 Å². The van der Waals surface area contributed by atoms with Crippen molar-refractivity contribution in [2.75, 3.05) is 6.61 Å². The standard InChI is InChI=1S/C21H30O5/c1-3-4-5-13-25-21(24)26-19-8-6-7-18(19)14-16-9-11-17(12-10-16)15(2)20(22)23/h9-12,15,18-19H,3-8,13-14H2,1-2H3,(H,22,23)/t15-,18+,19-/m0/s1. The van der Waals surface area contributed by atoms with E-state index in [0.29, 0.717) is 12.5 Å². The molecule has 0 saturated heterocycles. The molecule has 26 heavy (non-hydrogen) atoms. The number of ether oxygens (including phenoxy) is 2. The molecular formula is C21H30O5. The molecule has 0 radical (unpaired) electrons. The van der Waals surface area contributed by atoms with Crippen molar-refractivity contribution in [2.45, 2.75) is 70.8 Å². The van der Waals surface area contributed by atoms with Crippen LogP contribution in [0.25, 0.3) is 0 Å². The van der Waals surface area contributed by atoms with Gasteiger partial charge in [-0.05, 0) is 50.2 Å². The van der Waals surface area contributed by atoms with Crippen LogP contribution in [0.2, 0.25) is 0 Å². The molecule has 0 unspecified atom stereocenters. The molecule has 0 amide bonds. The molecule has 0 aromatic heterocycles. The van der Waals surface area contributed by atoms with Crippen molar-refractivity contribution in [3.63, 3.8) is 0 Å². The van der Waals surface area contributed by atoms with E-state index in [1.807, 2.05) is 24.3 Å². The summed E-state index contributed by atoms with van der Waals surface area (Å²) in [5.41, 5.74) is 1.94. The number of unbranched alkanes of at least 4 members (excludes halogenated alkanes) is 2. The van der Waals surface area contributed by atoms with Crippen LogP contribution < -0.4 is 0 Å². The Morgan fingerprint density at radius 2 is 1.92 bits per heavy atom. The van der Waals surface area contributed by atoms with Gasteiger partial charge in [0.2, 0.25) is 0 Å². The molecule has 0 aliphatic heterocycles. The van der Waals surface area contributed by atoms with Crippen molar-refractivity contribution in [2.24, 2.45) is 5.92 Å². The Bertz CT molecular complexity index is 581. The van der Waals surface area contributed by atoms with E-state index in [1.165, 1.54) is 0 Å². The van der Waals surface area contributed by atoms with Gasteiger partial charge in [-0.3, -0.25) is 4.79 Å². The second-order valence-electron chi connectivity index (χ2n) is 7.16. The number of carboxylic acids is 1. The molecule has 1 saturated carbocycles. The molecule has 0 bridgehead atoms. The van der Waals surface area contributed by atoms with Crippen molar-refractivity contribution < 1.29 is 24.2 Å². The maximum atomic E-state index is 11.8. The Kier molecular flexibility index (Phi) is 7.95. The number of hydrogen-bond acceptors (Lipinski definition) is 4. The molecule has 0 heterocycles. The molecule has 0 spiro atoms. The number of hydrogen-bond donors (Lipinski definition) is 1. The topological polar surface area (TPSA) is 72.8 Å². The highest BCUT2D eigenvalue weighted by atomic mass is 16.7. The molecular weight excluding hydrogens is 332 g/mol. The summed E-state index contributed by atoms with van der Waals surface area (Å²) >= 11 is 0. The fourth-order valence-corrected chi connectivity index (χ4v) is 3.44. The van der Waals surface area contributed by atoms with Gasteiger partial charge in [0.05, 0.1) is 12.5 Å². The van der Waals surface area contributed by atoms with Crippen molar-refractivity contribution in [1.82, 2.24) is 0 Å². The van der Waals surface area contributed by atoms with Gasteiger partial charge in [0.1, 0.15) is 6.10 Å². The lowest BCUT2D eigenvalue weighted by Gasteiger charge is -2.20. The minimum Gasteiger partial charge on any atom is -0.481 e. The third-order valence-electron chi connectivity index (χ3n) is 5.15. The Morgan fingerprint density at radius 3 is 2.58 bits per heavy atom. The molecule has 3 atom stereocenters.